The van der Waals surface area contributed by atoms with E-state index in [0.29, 0.717) is 16.1 Å². The van der Waals surface area contributed by atoms with E-state index in [1.807, 2.05) is 23.6 Å². The molecule has 0 aliphatic carbocycles. The predicted octanol–water partition coefficient (Wildman–Crippen LogP) is 4.54. The molecular formula is C21H20N4OS. The minimum atomic E-state index is -0.0402. The summed E-state index contributed by atoms with van der Waals surface area (Å²) < 4.78 is 1.75. The molecule has 5 nitrogen and oxygen atoms in total. The van der Waals surface area contributed by atoms with Crippen molar-refractivity contribution in [2.24, 2.45) is 0 Å². The minimum Gasteiger partial charge on any atom is -0.372 e. The van der Waals surface area contributed by atoms with Crippen LogP contribution in [0.5, 0.6) is 0 Å². The Morgan fingerprint density at radius 1 is 1.15 bits per heavy atom. The molecule has 1 aromatic carbocycles. The minimum absolute atomic E-state index is 0.0402. The highest BCUT2D eigenvalue weighted by Gasteiger charge is 2.18. The zero-order valence-electron chi connectivity index (χ0n) is 15.3. The van der Waals surface area contributed by atoms with Crippen molar-refractivity contribution in [3.8, 4) is 11.3 Å². The van der Waals surface area contributed by atoms with E-state index in [9.17, 15) is 4.79 Å². The van der Waals surface area contributed by atoms with Gasteiger partial charge in [0, 0.05) is 30.5 Å². The Morgan fingerprint density at radius 3 is 2.74 bits per heavy atom. The summed E-state index contributed by atoms with van der Waals surface area (Å²) in [6.07, 6.45) is 3.35. The number of thiophene rings is 1. The number of hydrogen-bond acceptors (Lipinski definition) is 5. The normalized spacial score (nSPS) is 11.0. The highest BCUT2D eigenvalue weighted by atomic mass is 32.1. The Morgan fingerprint density at radius 2 is 2.00 bits per heavy atom. The lowest BCUT2D eigenvalue weighted by Crippen LogP contribution is -2.21. The largest absolute Gasteiger partial charge is 0.372 e. The van der Waals surface area contributed by atoms with Crippen LogP contribution in [0.2, 0.25) is 0 Å². The van der Waals surface area contributed by atoms with Crippen LogP contribution in [0.4, 0.5) is 5.69 Å². The third-order valence-corrected chi connectivity index (χ3v) is 5.53. The van der Waals surface area contributed by atoms with E-state index in [4.69, 9.17) is 0 Å². The number of nitrogens with zero attached hydrogens (tertiary/aromatic N) is 4. The summed E-state index contributed by atoms with van der Waals surface area (Å²) in [5, 5.41) is 6.36. The SMILES string of the molecule is CCN(CC)c1cccc(-c2ccnc3c(C(=O)c4cccs4)cnn23)c1. The lowest BCUT2D eigenvalue weighted by Gasteiger charge is -2.21. The predicted molar refractivity (Wildman–Crippen MR) is 110 cm³/mol. The van der Waals surface area contributed by atoms with Crippen LogP contribution in [0.25, 0.3) is 16.9 Å². The number of ketones is 1. The molecule has 0 atom stereocenters. The molecule has 136 valence electrons. The zero-order valence-corrected chi connectivity index (χ0v) is 16.1. The number of aromatic nitrogens is 3. The van der Waals surface area contributed by atoms with Gasteiger partial charge < -0.3 is 4.90 Å². The molecular weight excluding hydrogens is 356 g/mol. The number of hydrogen-bond donors (Lipinski definition) is 0. The molecule has 0 aliphatic heterocycles. The van der Waals surface area contributed by atoms with Crippen LogP contribution < -0.4 is 4.90 Å². The van der Waals surface area contributed by atoms with Crippen molar-refractivity contribution in [3.63, 3.8) is 0 Å². The number of rotatable bonds is 6. The third kappa shape index (κ3) is 3.13. The maximum absolute atomic E-state index is 12.8. The van der Waals surface area contributed by atoms with Gasteiger partial charge in [-0.25, -0.2) is 9.50 Å². The number of benzene rings is 1. The van der Waals surface area contributed by atoms with Gasteiger partial charge in [0.1, 0.15) is 0 Å². The van der Waals surface area contributed by atoms with Gasteiger partial charge in [0.05, 0.1) is 22.3 Å². The van der Waals surface area contributed by atoms with E-state index in [0.717, 1.165) is 24.3 Å². The molecule has 0 saturated carbocycles. The third-order valence-electron chi connectivity index (χ3n) is 4.66. The van der Waals surface area contributed by atoms with Crippen molar-refractivity contribution < 1.29 is 4.79 Å². The van der Waals surface area contributed by atoms with Crippen LogP contribution in [-0.2, 0) is 0 Å². The van der Waals surface area contributed by atoms with Crippen LogP contribution in [0.15, 0.2) is 60.2 Å². The van der Waals surface area contributed by atoms with E-state index in [-0.39, 0.29) is 5.78 Å². The Bertz CT molecular complexity index is 1080. The molecule has 0 radical (unpaired) electrons. The standard InChI is InChI=1S/C21H20N4OS/c1-3-24(4-2)16-8-5-7-15(13-16)18-10-11-22-21-17(14-23-25(18)21)20(26)19-9-6-12-27-19/h5-14H,3-4H2,1-2H3. The summed E-state index contributed by atoms with van der Waals surface area (Å²) in [5.41, 5.74) is 4.24. The highest BCUT2D eigenvalue weighted by molar-refractivity contribution is 7.12. The first-order valence-corrected chi connectivity index (χ1v) is 9.87. The lowest BCUT2D eigenvalue weighted by molar-refractivity contribution is 0.104. The molecule has 6 heteroatoms. The van der Waals surface area contributed by atoms with Crippen molar-refractivity contribution in [1.82, 2.24) is 14.6 Å². The van der Waals surface area contributed by atoms with Gasteiger partial charge in [-0.1, -0.05) is 18.2 Å². The summed E-state index contributed by atoms with van der Waals surface area (Å²) in [6.45, 7) is 6.20. The second-order valence-corrected chi connectivity index (χ2v) is 7.10. The first-order valence-electron chi connectivity index (χ1n) is 8.99. The number of carbonyl (C=O) groups excluding carboxylic acids is 1. The zero-order chi connectivity index (χ0) is 18.8. The van der Waals surface area contributed by atoms with E-state index in [1.54, 1.807) is 16.9 Å². The molecule has 0 amide bonds. The summed E-state index contributed by atoms with van der Waals surface area (Å²) in [6, 6.07) is 14.0. The molecule has 4 rings (SSSR count). The van der Waals surface area contributed by atoms with Gasteiger partial charge in [-0.3, -0.25) is 4.79 Å². The monoisotopic (exact) mass is 376 g/mol. The quantitative estimate of drug-likeness (QED) is 0.464. The Kier molecular flexibility index (Phi) is 4.73. The Balaban J connectivity index is 1.80. The molecule has 0 spiro atoms. The fraction of sp³-hybridized carbons (Fsp3) is 0.190. The summed E-state index contributed by atoms with van der Waals surface area (Å²) in [4.78, 5) is 20.2. The smallest absolute Gasteiger partial charge is 0.208 e. The lowest BCUT2D eigenvalue weighted by atomic mass is 10.1. The van der Waals surface area contributed by atoms with Crippen molar-refractivity contribution in [2.45, 2.75) is 13.8 Å². The first-order chi connectivity index (χ1) is 13.2. The molecule has 4 aromatic rings. The molecule has 3 heterocycles. The molecule has 0 aliphatic rings. The van der Waals surface area contributed by atoms with E-state index in [2.05, 4.69) is 53.1 Å². The fourth-order valence-corrected chi connectivity index (χ4v) is 3.94. The number of fused-ring (bicyclic) bond motifs is 1. The average Bonchev–Trinajstić information content (AvgIpc) is 3.38. The van der Waals surface area contributed by atoms with Crippen molar-refractivity contribution >= 4 is 28.5 Å². The Hall–Kier alpha value is -2.99. The fourth-order valence-electron chi connectivity index (χ4n) is 3.26. The van der Waals surface area contributed by atoms with Gasteiger partial charge >= 0.3 is 0 Å². The summed E-state index contributed by atoms with van der Waals surface area (Å²) in [7, 11) is 0. The average molecular weight is 376 g/mol. The second kappa shape index (κ2) is 7.32. The van der Waals surface area contributed by atoms with E-state index < -0.39 is 0 Å². The number of carbonyl (C=O) groups is 1. The van der Waals surface area contributed by atoms with Gasteiger partial charge in [-0.05, 0) is 43.5 Å². The molecule has 0 fully saturated rings. The topological polar surface area (TPSA) is 50.5 Å². The number of anilines is 1. The summed E-state index contributed by atoms with van der Waals surface area (Å²) in [5.74, 6) is -0.0402. The van der Waals surface area contributed by atoms with Crippen LogP contribution in [-0.4, -0.2) is 33.5 Å². The van der Waals surface area contributed by atoms with Crippen molar-refractivity contribution in [1.29, 1.82) is 0 Å². The Labute approximate surface area is 161 Å². The van der Waals surface area contributed by atoms with E-state index in [1.165, 1.54) is 17.0 Å². The molecule has 3 aromatic heterocycles. The van der Waals surface area contributed by atoms with Crippen LogP contribution in [0.3, 0.4) is 0 Å². The van der Waals surface area contributed by atoms with Gasteiger partial charge in [0.2, 0.25) is 5.78 Å². The summed E-state index contributed by atoms with van der Waals surface area (Å²) >= 11 is 1.43. The van der Waals surface area contributed by atoms with Crippen molar-refractivity contribution in [2.75, 3.05) is 18.0 Å². The van der Waals surface area contributed by atoms with E-state index >= 15 is 0 Å². The highest BCUT2D eigenvalue weighted by Crippen LogP contribution is 2.26. The van der Waals surface area contributed by atoms with Crippen LogP contribution in [0, 0.1) is 0 Å². The molecule has 0 unspecified atom stereocenters. The molecule has 0 N–H and O–H groups in total. The van der Waals surface area contributed by atoms with Gasteiger partial charge in [0.15, 0.2) is 5.65 Å². The molecule has 27 heavy (non-hydrogen) atoms. The molecule has 0 saturated heterocycles. The van der Waals surface area contributed by atoms with Crippen molar-refractivity contribution in [3.05, 3.63) is 70.7 Å². The van der Waals surface area contributed by atoms with Gasteiger partial charge in [0.25, 0.3) is 0 Å². The molecule has 0 bridgehead atoms. The maximum atomic E-state index is 12.8. The first kappa shape index (κ1) is 17.4. The maximum Gasteiger partial charge on any atom is 0.208 e. The van der Waals surface area contributed by atoms with Gasteiger partial charge in [-0.15, -0.1) is 11.3 Å². The second-order valence-electron chi connectivity index (χ2n) is 6.15. The van der Waals surface area contributed by atoms with Crippen LogP contribution >= 0.6 is 11.3 Å². The van der Waals surface area contributed by atoms with Gasteiger partial charge in [-0.2, -0.15) is 5.10 Å². The van der Waals surface area contributed by atoms with Crippen LogP contribution in [0.1, 0.15) is 29.1 Å².